The molecule has 0 aliphatic rings. The SMILES string of the molecule is C=NC.CCc1c(C)ccn1-c1c(F)c(-c2ccc(C#N)cc2)nc2ccccc12. The van der Waals surface area contributed by atoms with Crippen LogP contribution in [0, 0.1) is 24.1 Å². The molecule has 0 atom stereocenters. The average molecular weight is 398 g/mol. The molecule has 150 valence electrons. The summed E-state index contributed by atoms with van der Waals surface area (Å²) in [5, 5.41) is 9.78. The maximum atomic E-state index is 15.7. The van der Waals surface area contributed by atoms with Crippen molar-refractivity contribution >= 4 is 17.6 Å². The Morgan fingerprint density at radius 1 is 1.13 bits per heavy atom. The second kappa shape index (κ2) is 9.15. The van der Waals surface area contributed by atoms with Crippen molar-refractivity contribution in [1.82, 2.24) is 9.55 Å². The molecule has 4 aromatic rings. The molecule has 0 spiro atoms. The van der Waals surface area contributed by atoms with E-state index in [0.717, 1.165) is 28.6 Å². The van der Waals surface area contributed by atoms with E-state index in [1.807, 2.05) is 48.0 Å². The van der Waals surface area contributed by atoms with Gasteiger partial charge in [0.25, 0.3) is 0 Å². The largest absolute Gasteiger partial charge is 0.317 e. The monoisotopic (exact) mass is 398 g/mol. The molecule has 0 amide bonds. The summed E-state index contributed by atoms with van der Waals surface area (Å²) in [6.07, 6.45) is 2.72. The van der Waals surface area contributed by atoms with Crippen LogP contribution in [0.3, 0.4) is 0 Å². The minimum Gasteiger partial charge on any atom is -0.317 e. The van der Waals surface area contributed by atoms with Crippen LogP contribution in [-0.4, -0.2) is 23.3 Å². The topological polar surface area (TPSA) is 54.0 Å². The van der Waals surface area contributed by atoms with E-state index in [4.69, 9.17) is 5.26 Å². The van der Waals surface area contributed by atoms with Crippen molar-refractivity contribution in [3.05, 3.63) is 83.4 Å². The second-order valence-electron chi connectivity index (χ2n) is 6.81. The predicted molar refractivity (Wildman–Crippen MR) is 121 cm³/mol. The molecular weight excluding hydrogens is 375 g/mol. The van der Waals surface area contributed by atoms with Crippen molar-refractivity contribution in [1.29, 1.82) is 5.26 Å². The van der Waals surface area contributed by atoms with E-state index in [0.29, 0.717) is 22.5 Å². The van der Waals surface area contributed by atoms with Crippen LogP contribution in [0.4, 0.5) is 4.39 Å². The van der Waals surface area contributed by atoms with Crippen molar-refractivity contribution in [2.75, 3.05) is 7.05 Å². The van der Waals surface area contributed by atoms with Crippen LogP contribution in [-0.2, 0) is 6.42 Å². The molecule has 0 fully saturated rings. The van der Waals surface area contributed by atoms with Crippen LogP contribution >= 0.6 is 0 Å². The lowest BCUT2D eigenvalue weighted by Crippen LogP contribution is -2.06. The van der Waals surface area contributed by atoms with E-state index in [1.165, 1.54) is 0 Å². The van der Waals surface area contributed by atoms with E-state index in [1.54, 1.807) is 31.3 Å². The molecule has 2 aromatic heterocycles. The number of hydrogen-bond acceptors (Lipinski definition) is 3. The molecule has 0 saturated heterocycles. The maximum Gasteiger partial charge on any atom is 0.174 e. The summed E-state index contributed by atoms with van der Waals surface area (Å²) >= 11 is 0. The van der Waals surface area contributed by atoms with Crippen molar-refractivity contribution in [3.8, 4) is 23.0 Å². The Morgan fingerprint density at radius 2 is 1.80 bits per heavy atom. The van der Waals surface area contributed by atoms with Crippen molar-refractivity contribution < 1.29 is 4.39 Å². The highest BCUT2D eigenvalue weighted by molar-refractivity contribution is 5.90. The number of halogens is 1. The van der Waals surface area contributed by atoms with Gasteiger partial charge in [-0.3, -0.25) is 0 Å². The average Bonchev–Trinajstić information content (AvgIpc) is 3.14. The standard InChI is InChI=1S/C23H18FN3.C2H5N/c1-3-20-15(2)12-13-27(20)23-18-6-4-5-7-19(18)26-22(21(23)24)17-10-8-16(14-25)9-11-17;1-3-2/h4-13H,3H2,1-2H3;1H2,2H3. The molecular formula is C25H23FN4. The van der Waals surface area contributed by atoms with Gasteiger partial charge in [-0.25, -0.2) is 9.37 Å². The maximum absolute atomic E-state index is 15.7. The second-order valence-corrected chi connectivity index (χ2v) is 6.81. The lowest BCUT2D eigenvalue weighted by molar-refractivity contribution is 0.617. The molecule has 2 aromatic carbocycles. The number of rotatable bonds is 3. The quantitative estimate of drug-likeness (QED) is 0.404. The molecule has 0 N–H and O–H groups in total. The summed E-state index contributed by atoms with van der Waals surface area (Å²) in [6.45, 7) is 7.22. The summed E-state index contributed by atoms with van der Waals surface area (Å²) < 4.78 is 17.7. The number of para-hydroxylation sites is 1. The minimum atomic E-state index is -0.358. The molecule has 0 aliphatic carbocycles. The Hall–Kier alpha value is -3.78. The van der Waals surface area contributed by atoms with Crippen LogP contribution in [0.25, 0.3) is 27.8 Å². The van der Waals surface area contributed by atoms with E-state index < -0.39 is 0 Å². The van der Waals surface area contributed by atoms with Crippen molar-refractivity contribution in [2.45, 2.75) is 20.3 Å². The Labute approximate surface area is 176 Å². The molecule has 4 nitrogen and oxygen atoms in total. The fraction of sp³-hybridized carbons (Fsp3) is 0.160. The minimum absolute atomic E-state index is 0.293. The first-order valence-corrected chi connectivity index (χ1v) is 9.66. The summed E-state index contributed by atoms with van der Waals surface area (Å²) in [6, 6.07) is 18.5. The molecule has 4 rings (SSSR count). The highest BCUT2D eigenvalue weighted by atomic mass is 19.1. The number of aromatic nitrogens is 2. The van der Waals surface area contributed by atoms with Crippen LogP contribution < -0.4 is 0 Å². The van der Waals surface area contributed by atoms with Gasteiger partial charge in [0.05, 0.1) is 22.8 Å². The molecule has 0 aliphatic heterocycles. The molecule has 0 radical (unpaired) electrons. The Kier molecular flexibility index (Phi) is 6.38. The first kappa shape index (κ1) is 20.9. The normalized spacial score (nSPS) is 10.2. The molecule has 0 saturated carbocycles. The molecule has 30 heavy (non-hydrogen) atoms. The summed E-state index contributed by atoms with van der Waals surface area (Å²) in [5.74, 6) is -0.358. The van der Waals surface area contributed by atoms with Crippen LogP contribution in [0.5, 0.6) is 0 Å². The van der Waals surface area contributed by atoms with E-state index >= 15 is 4.39 Å². The molecule has 2 heterocycles. The smallest absolute Gasteiger partial charge is 0.174 e. The fourth-order valence-electron chi connectivity index (χ4n) is 3.52. The zero-order valence-electron chi connectivity index (χ0n) is 17.4. The third kappa shape index (κ3) is 3.85. The van der Waals surface area contributed by atoms with E-state index in [-0.39, 0.29) is 5.82 Å². The lowest BCUT2D eigenvalue weighted by atomic mass is 10.0. The number of benzene rings is 2. The number of nitriles is 1. The van der Waals surface area contributed by atoms with Gasteiger partial charge >= 0.3 is 0 Å². The van der Waals surface area contributed by atoms with E-state index in [9.17, 15) is 0 Å². The van der Waals surface area contributed by atoms with Gasteiger partial charge in [-0.2, -0.15) is 5.26 Å². The van der Waals surface area contributed by atoms with Crippen LogP contribution in [0.2, 0.25) is 0 Å². The molecule has 0 unspecified atom stereocenters. The van der Waals surface area contributed by atoms with Crippen molar-refractivity contribution in [2.24, 2.45) is 4.99 Å². The van der Waals surface area contributed by atoms with E-state index in [2.05, 4.69) is 29.7 Å². The number of fused-ring (bicyclic) bond motifs is 1. The summed E-state index contributed by atoms with van der Waals surface area (Å²) in [5.41, 5.74) is 4.96. The number of nitrogens with zero attached hydrogens (tertiary/aromatic N) is 4. The highest BCUT2D eigenvalue weighted by Crippen LogP contribution is 2.33. The van der Waals surface area contributed by atoms with Gasteiger partial charge in [0.2, 0.25) is 0 Å². The zero-order chi connectivity index (χ0) is 21.7. The van der Waals surface area contributed by atoms with Crippen LogP contribution in [0.15, 0.2) is 65.8 Å². The molecule has 5 heteroatoms. The number of pyridine rings is 1. The number of aryl methyl sites for hydroxylation is 1. The predicted octanol–water partition coefficient (Wildman–Crippen LogP) is 5.89. The van der Waals surface area contributed by atoms with Crippen molar-refractivity contribution in [3.63, 3.8) is 0 Å². The van der Waals surface area contributed by atoms with Gasteiger partial charge in [-0.15, -0.1) is 0 Å². The fourth-order valence-corrected chi connectivity index (χ4v) is 3.52. The first-order valence-electron chi connectivity index (χ1n) is 9.66. The summed E-state index contributed by atoms with van der Waals surface area (Å²) in [4.78, 5) is 7.83. The van der Waals surface area contributed by atoms with Gasteiger partial charge < -0.3 is 9.56 Å². The lowest BCUT2D eigenvalue weighted by Gasteiger charge is -2.16. The van der Waals surface area contributed by atoms with Gasteiger partial charge in [0.1, 0.15) is 5.69 Å². The number of aliphatic imine (C=N–C) groups is 1. The number of hydrogen-bond donors (Lipinski definition) is 0. The Morgan fingerprint density at radius 3 is 2.43 bits per heavy atom. The Balaban J connectivity index is 0.000000806. The molecule has 0 bridgehead atoms. The zero-order valence-corrected chi connectivity index (χ0v) is 17.4. The van der Waals surface area contributed by atoms with Gasteiger partial charge in [0.15, 0.2) is 5.82 Å². The van der Waals surface area contributed by atoms with Gasteiger partial charge in [-0.05, 0) is 49.9 Å². The Bertz CT molecular complexity index is 1230. The van der Waals surface area contributed by atoms with Gasteiger partial charge in [-0.1, -0.05) is 37.3 Å². The third-order valence-electron chi connectivity index (χ3n) is 4.89. The highest BCUT2D eigenvalue weighted by Gasteiger charge is 2.19. The first-order chi connectivity index (χ1) is 14.5. The summed E-state index contributed by atoms with van der Waals surface area (Å²) in [7, 11) is 1.64. The van der Waals surface area contributed by atoms with Crippen LogP contribution in [0.1, 0.15) is 23.7 Å². The van der Waals surface area contributed by atoms with Gasteiger partial charge in [0, 0.05) is 29.9 Å². The third-order valence-corrected chi connectivity index (χ3v) is 4.89.